The molecule has 1 aliphatic heterocycles. The summed E-state index contributed by atoms with van der Waals surface area (Å²) < 4.78 is 4.38. The van der Waals surface area contributed by atoms with E-state index in [0.717, 1.165) is 6.08 Å². The van der Waals surface area contributed by atoms with Gasteiger partial charge in [0.2, 0.25) is 0 Å². The maximum atomic E-state index is 10.3. The van der Waals surface area contributed by atoms with Crippen LogP contribution in [-0.2, 0) is 14.3 Å². The molecule has 0 aliphatic carbocycles. The molecule has 0 fully saturated rings. The lowest BCUT2D eigenvalue weighted by Crippen LogP contribution is -2.24. The molecule has 0 aromatic carbocycles. The molecule has 1 heterocycles. The van der Waals surface area contributed by atoms with E-state index < -0.39 is 5.97 Å². The molecule has 1 rings (SSSR count). The molecule has 4 nitrogen and oxygen atoms in total. The van der Waals surface area contributed by atoms with Gasteiger partial charge in [-0.25, -0.2) is 0 Å². The summed E-state index contributed by atoms with van der Waals surface area (Å²) in [4.78, 5) is 20.2. The van der Waals surface area contributed by atoms with Crippen molar-refractivity contribution in [2.45, 2.75) is 0 Å². The first kappa shape index (κ1) is 5.81. The zero-order valence-corrected chi connectivity index (χ0v) is 4.42. The zero-order chi connectivity index (χ0) is 6.85. The van der Waals surface area contributed by atoms with E-state index in [9.17, 15) is 14.7 Å². The molecule has 0 saturated heterocycles. The largest absolute Gasteiger partial charge is 0.542 e. The molecular formula is C5H3O4-. The number of hydrogen-bond donors (Lipinski definition) is 0. The molecule has 0 radical (unpaired) electrons. The maximum Gasteiger partial charge on any atom is 0.196 e. The Morgan fingerprint density at radius 1 is 1.78 bits per heavy atom. The predicted molar refractivity (Wildman–Crippen MR) is 24.0 cm³/mol. The topological polar surface area (TPSA) is 66.4 Å². The summed E-state index contributed by atoms with van der Waals surface area (Å²) in [5.74, 6) is -2.16. The van der Waals surface area contributed by atoms with Gasteiger partial charge in [-0.15, -0.1) is 0 Å². The van der Waals surface area contributed by atoms with Crippen molar-refractivity contribution in [2.24, 2.45) is 0 Å². The molecule has 0 amide bonds. The molecule has 0 unspecified atom stereocenters. The quantitative estimate of drug-likeness (QED) is 0.417. The molecule has 1 aliphatic rings. The number of aliphatic carboxylic acids is 1. The lowest BCUT2D eigenvalue weighted by molar-refractivity contribution is -0.302. The van der Waals surface area contributed by atoms with Gasteiger partial charge in [-0.2, -0.15) is 0 Å². The highest BCUT2D eigenvalue weighted by molar-refractivity contribution is 6.00. The summed E-state index contributed by atoms with van der Waals surface area (Å²) in [6, 6.07) is 0. The number of ketones is 1. The van der Waals surface area contributed by atoms with E-state index in [-0.39, 0.29) is 18.1 Å². The molecular weight excluding hydrogens is 124 g/mol. The summed E-state index contributed by atoms with van der Waals surface area (Å²) >= 11 is 0. The molecule has 0 aromatic rings. The Bertz CT molecular complexity index is 191. The molecule has 0 N–H and O–H groups in total. The minimum atomic E-state index is -1.44. The van der Waals surface area contributed by atoms with Crippen molar-refractivity contribution < 1.29 is 19.4 Å². The van der Waals surface area contributed by atoms with Crippen LogP contribution in [0.4, 0.5) is 0 Å². The van der Waals surface area contributed by atoms with Gasteiger partial charge in [0.05, 0.1) is 0 Å². The van der Waals surface area contributed by atoms with Crippen LogP contribution in [-0.4, -0.2) is 18.4 Å². The van der Waals surface area contributed by atoms with Crippen LogP contribution < -0.4 is 5.11 Å². The number of carboxylic acid groups (broad SMARTS) is 1. The number of hydrogen-bond acceptors (Lipinski definition) is 4. The fourth-order valence-electron chi connectivity index (χ4n) is 0.496. The average Bonchev–Trinajstić information content (AvgIpc) is 2.14. The van der Waals surface area contributed by atoms with Crippen LogP contribution in [0.1, 0.15) is 0 Å². The minimum absolute atomic E-state index is 0.177. The first-order chi connectivity index (χ1) is 4.20. The first-order valence-electron chi connectivity index (χ1n) is 2.29. The second kappa shape index (κ2) is 1.89. The van der Waals surface area contributed by atoms with Crippen LogP contribution >= 0.6 is 0 Å². The number of carbonyl (C=O) groups excluding carboxylic acids is 2. The smallest absolute Gasteiger partial charge is 0.196 e. The summed E-state index contributed by atoms with van der Waals surface area (Å²) in [6.45, 7) is -0.177. The van der Waals surface area contributed by atoms with Crippen molar-refractivity contribution in [1.82, 2.24) is 0 Å². The van der Waals surface area contributed by atoms with E-state index >= 15 is 0 Å². The number of ether oxygens (including phenoxy) is 1. The lowest BCUT2D eigenvalue weighted by Gasteiger charge is -2.00. The molecule has 0 saturated carbocycles. The van der Waals surface area contributed by atoms with E-state index in [1.807, 2.05) is 0 Å². The summed E-state index contributed by atoms with van der Waals surface area (Å²) in [7, 11) is 0. The van der Waals surface area contributed by atoms with Crippen molar-refractivity contribution in [1.29, 1.82) is 0 Å². The molecule has 4 heteroatoms. The first-order valence-corrected chi connectivity index (χ1v) is 2.29. The van der Waals surface area contributed by atoms with Crippen LogP contribution in [0.3, 0.4) is 0 Å². The fourth-order valence-corrected chi connectivity index (χ4v) is 0.496. The Kier molecular flexibility index (Phi) is 1.22. The van der Waals surface area contributed by atoms with E-state index in [2.05, 4.69) is 4.74 Å². The van der Waals surface area contributed by atoms with Crippen molar-refractivity contribution in [3.05, 3.63) is 11.8 Å². The van der Waals surface area contributed by atoms with Crippen LogP contribution in [0.15, 0.2) is 11.8 Å². The monoisotopic (exact) mass is 127 g/mol. The van der Waals surface area contributed by atoms with Crippen LogP contribution in [0, 0.1) is 0 Å². The van der Waals surface area contributed by atoms with Gasteiger partial charge >= 0.3 is 0 Å². The van der Waals surface area contributed by atoms with Crippen LogP contribution in [0.25, 0.3) is 0 Å². The second-order valence-electron chi connectivity index (χ2n) is 1.55. The van der Waals surface area contributed by atoms with Gasteiger partial charge in [0.15, 0.2) is 12.4 Å². The Hall–Kier alpha value is -1.32. The van der Waals surface area contributed by atoms with Gasteiger partial charge < -0.3 is 14.6 Å². The normalized spacial score (nSPS) is 16.9. The predicted octanol–water partition coefficient (Wildman–Crippen LogP) is -1.78. The third-order valence-electron chi connectivity index (χ3n) is 0.863. The number of carbonyl (C=O) groups is 2. The molecule has 48 valence electrons. The number of rotatable bonds is 1. The SMILES string of the molecule is O=C1C=C(C(=O)[O-])OC1. The standard InChI is InChI=1S/C5H4O4/c6-3-1-4(5(7)8)9-2-3/h1H,2H2,(H,7,8)/p-1. The Balaban J connectivity index is 2.74. The van der Waals surface area contributed by atoms with Gasteiger partial charge in [-0.3, -0.25) is 4.79 Å². The highest BCUT2D eigenvalue weighted by atomic mass is 16.5. The van der Waals surface area contributed by atoms with Gasteiger partial charge in [-0.05, 0) is 0 Å². The zero-order valence-electron chi connectivity index (χ0n) is 4.42. The van der Waals surface area contributed by atoms with Crippen molar-refractivity contribution in [3.63, 3.8) is 0 Å². The average molecular weight is 127 g/mol. The van der Waals surface area contributed by atoms with Gasteiger partial charge in [0, 0.05) is 6.08 Å². The second-order valence-corrected chi connectivity index (χ2v) is 1.55. The van der Waals surface area contributed by atoms with Crippen LogP contribution in [0.2, 0.25) is 0 Å². The van der Waals surface area contributed by atoms with E-state index in [1.165, 1.54) is 0 Å². The molecule has 0 bridgehead atoms. The lowest BCUT2D eigenvalue weighted by atomic mass is 10.4. The van der Waals surface area contributed by atoms with Crippen molar-refractivity contribution in [3.8, 4) is 0 Å². The van der Waals surface area contributed by atoms with Gasteiger partial charge in [0.1, 0.15) is 11.7 Å². The fraction of sp³-hybridized carbons (Fsp3) is 0.200. The number of carboxylic acids is 1. The Morgan fingerprint density at radius 3 is 2.67 bits per heavy atom. The van der Waals surface area contributed by atoms with E-state index in [0.29, 0.717) is 0 Å². The van der Waals surface area contributed by atoms with E-state index in [4.69, 9.17) is 0 Å². The summed E-state index contributed by atoms with van der Waals surface area (Å²) in [5.41, 5.74) is 0. The highest BCUT2D eigenvalue weighted by Crippen LogP contribution is 2.03. The molecule has 0 aromatic heterocycles. The van der Waals surface area contributed by atoms with Crippen molar-refractivity contribution >= 4 is 11.8 Å². The highest BCUT2D eigenvalue weighted by Gasteiger charge is 2.12. The Morgan fingerprint density at radius 2 is 2.44 bits per heavy atom. The maximum absolute atomic E-state index is 10.3. The molecule has 0 atom stereocenters. The van der Waals surface area contributed by atoms with Gasteiger partial charge in [-0.1, -0.05) is 0 Å². The molecule has 0 spiro atoms. The third kappa shape index (κ3) is 1.07. The Labute approximate surface area is 50.7 Å². The van der Waals surface area contributed by atoms with Gasteiger partial charge in [0.25, 0.3) is 0 Å². The summed E-state index contributed by atoms with van der Waals surface area (Å²) in [6.07, 6.45) is 0.912. The van der Waals surface area contributed by atoms with Crippen LogP contribution in [0.5, 0.6) is 0 Å². The summed E-state index contributed by atoms with van der Waals surface area (Å²) in [5, 5.41) is 9.89. The van der Waals surface area contributed by atoms with E-state index in [1.54, 1.807) is 0 Å². The minimum Gasteiger partial charge on any atom is -0.542 e. The third-order valence-corrected chi connectivity index (χ3v) is 0.863. The molecule has 9 heavy (non-hydrogen) atoms. The van der Waals surface area contributed by atoms with Crippen molar-refractivity contribution in [2.75, 3.05) is 6.61 Å².